The average Bonchev–Trinajstić information content (AvgIpc) is 2.66. The Morgan fingerprint density at radius 3 is 2.58 bits per heavy atom. The third kappa shape index (κ3) is 4.11. The van der Waals surface area contributed by atoms with Crippen molar-refractivity contribution in [1.82, 2.24) is 9.97 Å². The minimum absolute atomic E-state index is 0.573. The molecular formula is C21H25N5. The summed E-state index contributed by atoms with van der Waals surface area (Å²) in [6, 6.07) is 18.7. The average molecular weight is 347 g/mol. The summed E-state index contributed by atoms with van der Waals surface area (Å²) in [7, 11) is 0. The van der Waals surface area contributed by atoms with E-state index >= 15 is 0 Å². The van der Waals surface area contributed by atoms with E-state index in [2.05, 4.69) is 64.4 Å². The number of nitrogens with zero attached hydrogens (tertiary/aromatic N) is 3. The van der Waals surface area contributed by atoms with Gasteiger partial charge in [0.25, 0.3) is 0 Å². The van der Waals surface area contributed by atoms with Crippen molar-refractivity contribution in [3.8, 4) is 0 Å². The van der Waals surface area contributed by atoms with E-state index in [1.165, 1.54) is 11.1 Å². The van der Waals surface area contributed by atoms with Gasteiger partial charge in [0.2, 0.25) is 0 Å². The maximum atomic E-state index is 6.39. The van der Waals surface area contributed by atoms with Crippen molar-refractivity contribution in [3.63, 3.8) is 0 Å². The maximum Gasteiger partial charge on any atom is 0.161 e. The van der Waals surface area contributed by atoms with Gasteiger partial charge in [-0.1, -0.05) is 42.5 Å². The van der Waals surface area contributed by atoms with Crippen molar-refractivity contribution >= 4 is 23.0 Å². The molecule has 5 nitrogen and oxygen atoms in total. The Morgan fingerprint density at radius 1 is 1.04 bits per heavy atom. The van der Waals surface area contributed by atoms with Crippen LogP contribution in [0, 0.1) is 6.92 Å². The third-order valence-electron chi connectivity index (χ3n) is 4.30. The number of rotatable bonds is 7. The van der Waals surface area contributed by atoms with Crippen molar-refractivity contribution in [2.24, 2.45) is 0 Å². The van der Waals surface area contributed by atoms with Gasteiger partial charge in [0.05, 0.1) is 0 Å². The number of nitrogens with one attached hydrogen (secondary N) is 1. The summed E-state index contributed by atoms with van der Waals surface area (Å²) in [4.78, 5) is 10.9. The predicted molar refractivity (Wildman–Crippen MR) is 109 cm³/mol. The molecular weight excluding hydrogens is 322 g/mol. The second-order valence-corrected chi connectivity index (χ2v) is 6.21. The number of aromatic nitrogens is 2. The number of hydrogen-bond acceptors (Lipinski definition) is 5. The van der Waals surface area contributed by atoms with Crippen molar-refractivity contribution in [3.05, 3.63) is 72.1 Å². The molecule has 3 N–H and O–H groups in total. The van der Waals surface area contributed by atoms with E-state index in [-0.39, 0.29) is 0 Å². The zero-order valence-corrected chi connectivity index (χ0v) is 15.3. The topological polar surface area (TPSA) is 67.1 Å². The Morgan fingerprint density at radius 2 is 1.85 bits per heavy atom. The highest BCUT2D eigenvalue weighted by molar-refractivity contribution is 5.79. The quantitative estimate of drug-likeness (QED) is 0.671. The molecule has 0 saturated heterocycles. The highest BCUT2D eigenvalue weighted by atomic mass is 15.2. The molecule has 1 heterocycles. The maximum absolute atomic E-state index is 6.39. The van der Waals surface area contributed by atoms with Gasteiger partial charge in [0.15, 0.2) is 11.6 Å². The smallest absolute Gasteiger partial charge is 0.161 e. The van der Waals surface area contributed by atoms with Crippen LogP contribution >= 0.6 is 0 Å². The lowest BCUT2D eigenvalue weighted by Gasteiger charge is -2.24. The molecule has 0 amide bonds. The summed E-state index contributed by atoms with van der Waals surface area (Å²) >= 11 is 0. The molecule has 0 bridgehead atoms. The first-order valence-corrected chi connectivity index (χ1v) is 8.91. The minimum atomic E-state index is 0.573. The lowest BCUT2D eigenvalue weighted by Crippen LogP contribution is -2.20. The Bertz CT molecular complexity index is 848. The van der Waals surface area contributed by atoms with Crippen LogP contribution < -0.4 is 16.0 Å². The summed E-state index contributed by atoms with van der Waals surface area (Å²) in [5.74, 6) is 1.41. The zero-order valence-electron chi connectivity index (χ0n) is 15.3. The van der Waals surface area contributed by atoms with Gasteiger partial charge in [0, 0.05) is 18.8 Å². The van der Waals surface area contributed by atoms with Crippen LogP contribution in [0.5, 0.6) is 0 Å². The van der Waals surface area contributed by atoms with Crippen LogP contribution in [-0.2, 0) is 6.42 Å². The molecule has 5 heteroatoms. The molecule has 0 aliphatic heterocycles. The first-order valence-electron chi connectivity index (χ1n) is 8.91. The molecule has 26 heavy (non-hydrogen) atoms. The van der Waals surface area contributed by atoms with E-state index in [1.54, 1.807) is 6.33 Å². The van der Waals surface area contributed by atoms with E-state index < -0.39 is 0 Å². The zero-order chi connectivity index (χ0) is 18.4. The fourth-order valence-corrected chi connectivity index (χ4v) is 2.96. The molecule has 0 aliphatic rings. The number of nitrogens with two attached hydrogens (primary N) is 1. The van der Waals surface area contributed by atoms with Crippen molar-refractivity contribution in [2.45, 2.75) is 20.3 Å². The van der Waals surface area contributed by atoms with E-state index in [4.69, 9.17) is 5.73 Å². The summed E-state index contributed by atoms with van der Waals surface area (Å²) in [5, 5.41) is 3.34. The first kappa shape index (κ1) is 17.7. The summed E-state index contributed by atoms with van der Waals surface area (Å²) in [6.07, 6.45) is 2.48. The Hall–Kier alpha value is -3.08. The second kappa shape index (κ2) is 8.34. The summed E-state index contributed by atoms with van der Waals surface area (Å²) in [5.41, 5.74) is 10.5. The predicted octanol–water partition coefficient (Wildman–Crippen LogP) is 4.18. The van der Waals surface area contributed by atoms with Crippen LogP contribution in [0.4, 0.5) is 23.0 Å². The Balaban J connectivity index is 1.77. The summed E-state index contributed by atoms with van der Waals surface area (Å²) < 4.78 is 0. The van der Waals surface area contributed by atoms with Crippen LogP contribution in [0.25, 0.3) is 0 Å². The van der Waals surface area contributed by atoms with Gasteiger partial charge in [-0.2, -0.15) is 0 Å². The summed E-state index contributed by atoms with van der Waals surface area (Å²) in [6.45, 7) is 5.71. The molecule has 134 valence electrons. The Kier molecular flexibility index (Phi) is 5.69. The van der Waals surface area contributed by atoms with Gasteiger partial charge in [-0.15, -0.1) is 0 Å². The molecule has 0 radical (unpaired) electrons. The Labute approximate surface area is 154 Å². The molecule has 0 spiro atoms. The van der Waals surface area contributed by atoms with Crippen LogP contribution in [0.3, 0.4) is 0 Å². The van der Waals surface area contributed by atoms with Crippen LogP contribution in [0.15, 0.2) is 60.9 Å². The second-order valence-electron chi connectivity index (χ2n) is 6.21. The van der Waals surface area contributed by atoms with Crippen LogP contribution in [0.1, 0.15) is 18.1 Å². The lowest BCUT2D eigenvalue weighted by atomic mass is 10.1. The van der Waals surface area contributed by atoms with Gasteiger partial charge in [-0.05, 0) is 43.5 Å². The van der Waals surface area contributed by atoms with Crippen molar-refractivity contribution in [1.29, 1.82) is 0 Å². The molecule has 3 aromatic rings. The fraction of sp³-hybridized carbons (Fsp3) is 0.238. The van der Waals surface area contributed by atoms with Gasteiger partial charge >= 0.3 is 0 Å². The molecule has 0 atom stereocenters. The highest BCUT2D eigenvalue weighted by Crippen LogP contribution is 2.31. The SMILES string of the molecule is CCN(c1cccc(C)c1)c1ncnc(NCCc2ccccc2)c1N. The lowest BCUT2D eigenvalue weighted by molar-refractivity contribution is 0.966. The van der Waals surface area contributed by atoms with E-state index in [1.807, 2.05) is 24.3 Å². The standard InChI is InChI=1S/C21H25N5/c1-3-26(18-11-7-8-16(2)14-18)21-19(22)20(24-15-25-21)23-13-12-17-9-5-4-6-10-17/h4-11,14-15H,3,12-13,22H2,1-2H3,(H,23,24,25). The fourth-order valence-electron chi connectivity index (χ4n) is 2.96. The molecule has 1 aromatic heterocycles. The number of anilines is 4. The molecule has 0 unspecified atom stereocenters. The number of benzene rings is 2. The molecule has 0 saturated carbocycles. The normalized spacial score (nSPS) is 10.5. The van der Waals surface area contributed by atoms with Crippen LogP contribution in [-0.4, -0.2) is 23.1 Å². The van der Waals surface area contributed by atoms with Gasteiger partial charge < -0.3 is 16.0 Å². The van der Waals surface area contributed by atoms with E-state index in [9.17, 15) is 0 Å². The molecule has 3 rings (SSSR count). The van der Waals surface area contributed by atoms with E-state index in [0.29, 0.717) is 11.5 Å². The molecule has 0 aliphatic carbocycles. The third-order valence-corrected chi connectivity index (χ3v) is 4.30. The van der Waals surface area contributed by atoms with Crippen molar-refractivity contribution in [2.75, 3.05) is 29.0 Å². The monoisotopic (exact) mass is 347 g/mol. The van der Waals surface area contributed by atoms with Gasteiger partial charge in [0.1, 0.15) is 12.0 Å². The van der Waals surface area contributed by atoms with Gasteiger partial charge in [-0.25, -0.2) is 9.97 Å². The number of aryl methyl sites for hydroxylation is 1. The van der Waals surface area contributed by atoms with E-state index in [0.717, 1.165) is 31.0 Å². The highest BCUT2D eigenvalue weighted by Gasteiger charge is 2.15. The minimum Gasteiger partial charge on any atom is -0.393 e. The first-order chi connectivity index (χ1) is 12.7. The molecule has 2 aromatic carbocycles. The van der Waals surface area contributed by atoms with Gasteiger partial charge in [-0.3, -0.25) is 0 Å². The molecule has 0 fully saturated rings. The number of nitrogen functional groups attached to an aromatic ring is 1. The van der Waals surface area contributed by atoms with Crippen LogP contribution in [0.2, 0.25) is 0 Å². The largest absolute Gasteiger partial charge is 0.393 e. The van der Waals surface area contributed by atoms with Crippen molar-refractivity contribution < 1.29 is 0 Å². The number of hydrogen-bond donors (Lipinski definition) is 2.